The van der Waals surface area contributed by atoms with Crippen molar-refractivity contribution in [1.82, 2.24) is 4.31 Å². The largest absolute Gasteiger partial charge is 0.465 e. The predicted molar refractivity (Wildman–Crippen MR) is 168 cm³/mol. The number of esters is 2. The Balaban J connectivity index is 1.86. The highest BCUT2D eigenvalue weighted by atomic mass is 32.2. The van der Waals surface area contributed by atoms with Crippen LogP contribution >= 0.6 is 0 Å². The number of ether oxygens (including phenoxy) is 2. The third-order valence-corrected chi connectivity index (χ3v) is 10.7. The van der Waals surface area contributed by atoms with Crippen LogP contribution in [-0.4, -0.2) is 45.4 Å². The van der Waals surface area contributed by atoms with Crippen molar-refractivity contribution in [3.63, 3.8) is 0 Å². The van der Waals surface area contributed by atoms with Gasteiger partial charge in [-0.15, -0.1) is 0 Å². The molecule has 3 aromatic carbocycles. The molecule has 1 saturated heterocycles. The number of carbonyl (C=O) groups excluding carboxylic acids is 2. The van der Waals surface area contributed by atoms with E-state index in [1.807, 2.05) is 43.3 Å². The number of rotatable bonds is 12. The van der Waals surface area contributed by atoms with Gasteiger partial charge < -0.3 is 9.47 Å². The fraction of sp³-hybridized carbons (Fsp3) is 0.429. The van der Waals surface area contributed by atoms with Crippen molar-refractivity contribution in [2.75, 3.05) is 20.8 Å². The van der Waals surface area contributed by atoms with Gasteiger partial charge in [0.25, 0.3) is 0 Å². The molecule has 1 fully saturated rings. The van der Waals surface area contributed by atoms with E-state index in [9.17, 15) is 18.0 Å². The van der Waals surface area contributed by atoms with Gasteiger partial charge in [-0.2, -0.15) is 4.31 Å². The second-order valence-corrected chi connectivity index (χ2v) is 13.4. The van der Waals surface area contributed by atoms with E-state index < -0.39 is 28.0 Å². The Morgan fingerprint density at radius 2 is 1.37 bits per heavy atom. The Kier molecular flexibility index (Phi) is 10.8. The zero-order valence-electron chi connectivity index (χ0n) is 25.8. The predicted octanol–water partition coefficient (Wildman–Crippen LogP) is 7.32. The van der Waals surface area contributed by atoms with Gasteiger partial charge in [-0.1, -0.05) is 81.5 Å². The van der Waals surface area contributed by atoms with Gasteiger partial charge in [0.15, 0.2) is 0 Å². The number of carbonyl (C=O) groups is 2. The van der Waals surface area contributed by atoms with Gasteiger partial charge >= 0.3 is 11.9 Å². The third-order valence-electron chi connectivity index (χ3n) is 8.82. The highest BCUT2D eigenvalue weighted by Crippen LogP contribution is 2.51. The van der Waals surface area contributed by atoms with E-state index in [0.717, 1.165) is 48.8 Å². The number of unbranched alkanes of at least 4 members (excludes halogenated alkanes) is 1. The van der Waals surface area contributed by atoms with E-state index in [4.69, 9.17) is 9.47 Å². The molecule has 4 atom stereocenters. The van der Waals surface area contributed by atoms with Crippen LogP contribution in [0.2, 0.25) is 0 Å². The molecule has 1 heterocycles. The van der Waals surface area contributed by atoms with E-state index >= 15 is 0 Å². The summed E-state index contributed by atoms with van der Waals surface area (Å²) in [5.41, 5.74) is 3.68. The summed E-state index contributed by atoms with van der Waals surface area (Å²) in [4.78, 5) is 24.6. The molecule has 7 nitrogen and oxygen atoms in total. The second-order valence-electron chi connectivity index (χ2n) is 11.5. The topological polar surface area (TPSA) is 90.0 Å². The van der Waals surface area contributed by atoms with Crippen molar-refractivity contribution in [3.05, 3.63) is 101 Å². The molecule has 0 spiro atoms. The normalized spacial score (nSPS) is 19.6. The SMILES string of the molecule is CCCCC(CC)C[C@@H]1[C@@H](c2ccc(C(=O)OC)cc2)N(S(=O)(=O)c2ccc(C)cc2)C[C@H]1c1ccc(C(=O)OC)cc1. The Morgan fingerprint density at radius 1 is 0.837 bits per heavy atom. The van der Waals surface area contributed by atoms with Crippen molar-refractivity contribution in [2.24, 2.45) is 11.8 Å². The number of sulfonamides is 1. The van der Waals surface area contributed by atoms with E-state index in [1.54, 1.807) is 40.7 Å². The lowest BCUT2D eigenvalue weighted by Gasteiger charge is -2.31. The minimum atomic E-state index is -3.88. The van der Waals surface area contributed by atoms with E-state index in [2.05, 4.69) is 13.8 Å². The zero-order chi connectivity index (χ0) is 31.1. The lowest BCUT2D eigenvalue weighted by molar-refractivity contribution is 0.0592. The molecule has 0 aliphatic carbocycles. The van der Waals surface area contributed by atoms with Gasteiger partial charge in [0.1, 0.15) is 0 Å². The highest BCUT2D eigenvalue weighted by Gasteiger charge is 2.48. The summed E-state index contributed by atoms with van der Waals surface area (Å²) in [5, 5.41) is 0. The summed E-state index contributed by atoms with van der Waals surface area (Å²) in [6.07, 6.45) is 5.15. The number of aryl methyl sites for hydroxylation is 1. The highest BCUT2D eigenvalue weighted by molar-refractivity contribution is 7.89. The number of methoxy groups -OCH3 is 2. The lowest BCUT2D eigenvalue weighted by atomic mass is 9.76. The maximum atomic E-state index is 14.4. The van der Waals surface area contributed by atoms with Crippen LogP contribution in [0.5, 0.6) is 0 Å². The zero-order valence-corrected chi connectivity index (χ0v) is 26.6. The fourth-order valence-electron chi connectivity index (χ4n) is 6.31. The molecule has 0 saturated carbocycles. The van der Waals surface area contributed by atoms with Crippen molar-refractivity contribution in [2.45, 2.75) is 69.7 Å². The average Bonchev–Trinajstić information content (AvgIpc) is 3.42. The maximum Gasteiger partial charge on any atom is 0.337 e. The molecule has 1 unspecified atom stereocenters. The summed E-state index contributed by atoms with van der Waals surface area (Å²) >= 11 is 0. The van der Waals surface area contributed by atoms with Crippen LogP contribution in [0.25, 0.3) is 0 Å². The van der Waals surface area contributed by atoms with Crippen molar-refractivity contribution < 1.29 is 27.5 Å². The van der Waals surface area contributed by atoms with Crippen molar-refractivity contribution >= 4 is 22.0 Å². The molecule has 1 aliphatic rings. The van der Waals surface area contributed by atoms with Crippen LogP contribution in [0.4, 0.5) is 0 Å². The third kappa shape index (κ3) is 7.19. The lowest BCUT2D eigenvalue weighted by Crippen LogP contribution is -2.32. The summed E-state index contributed by atoms with van der Waals surface area (Å²) in [7, 11) is -1.18. The van der Waals surface area contributed by atoms with Crippen LogP contribution in [0.1, 0.15) is 95.3 Å². The van der Waals surface area contributed by atoms with Crippen LogP contribution in [0, 0.1) is 18.8 Å². The van der Waals surface area contributed by atoms with Gasteiger partial charge in [0.05, 0.1) is 36.3 Å². The monoisotopic (exact) mass is 605 g/mol. The smallest absolute Gasteiger partial charge is 0.337 e. The fourth-order valence-corrected chi connectivity index (χ4v) is 8.00. The first-order chi connectivity index (χ1) is 20.6. The van der Waals surface area contributed by atoms with Gasteiger partial charge in [-0.05, 0) is 72.7 Å². The number of nitrogens with zero attached hydrogens (tertiary/aromatic N) is 1. The van der Waals surface area contributed by atoms with Crippen LogP contribution in [-0.2, 0) is 19.5 Å². The molecule has 230 valence electrons. The molecule has 0 radical (unpaired) electrons. The van der Waals surface area contributed by atoms with Gasteiger partial charge in [0, 0.05) is 12.5 Å². The Labute approximate surface area is 256 Å². The summed E-state index contributed by atoms with van der Waals surface area (Å²) < 4.78 is 40.2. The van der Waals surface area contributed by atoms with Crippen molar-refractivity contribution in [3.8, 4) is 0 Å². The van der Waals surface area contributed by atoms with Crippen LogP contribution in [0.15, 0.2) is 77.7 Å². The first-order valence-corrected chi connectivity index (χ1v) is 16.5. The molecule has 4 rings (SSSR count). The van der Waals surface area contributed by atoms with E-state index in [-0.39, 0.29) is 16.7 Å². The quantitative estimate of drug-likeness (QED) is 0.201. The van der Waals surface area contributed by atoms with Crippen LogP contribution in [0.3, 0.4) is 0 Å². The van der Waals surface area contributed by atoms with Crippen molar-refractivity contribution in [1.29, 1.82) is 0 Å². The number of benzene rings is 3. The Morgan fingerprint density at radius 3 is 1.86 bits per heavy atom. The first-order valence-electron chi connectivity index (χ1n) is 15.1. The van der Waals surface area contributed by atoms with Gasteiger partial charge in [-0.25, -0.2) is 18.0 Å². The Bertz CT molecular complexity index is 1480. The Hall–Kier alpha value is -3.49. The van der Waals surface area contributed by atoms with E-state index in [1.165, 1.54) is 14.2 Å². The number of hydrogen-bond donors (Lipinski definition) is 0. The molecule has 43 heavy (non-hydrogen) atoms. The summed E-state index contributed by atoms with van der Waals surface area (Å²) in [6, 6.07) is 21.0. The van der Waals surface area contributed by atoms with Gasteiger partial charge in [-0.3, -0.25) is 0 Å². The maximum absolute atomic E-state index is 14.4. The van der Waals surface area contributed by atoms with E-state index in [0.29, 0.717) is 23.6 Å². The standard InChI is InChI=1S/C35H43NO6S/c1-6-8-9-25(7-2)22-31-32(26-12-16-28(17-13-26)34(37)41-4)23-36(43(39,40)30-20-10-24(3)11-21-30)33(31)27-14-18-29(19-15-27)35(38)42-5/h10-21,25,31-33H,6-9,22-23H2,1-5H3/t25?,31-,32-,33+/m0/s1. The molecule has 0 amide bonds. The molecule has 0 aromatic heterocycles. The molecule has 0 bridgehead atoms. The minimum absolute atomic E-state index is 0.0324. The molecule has 3 aromatic rings. The summed E-state index contributed by atoms with van der Waals surface area (Å²) in [5.74, 6) is -0.552. The first kappa shape index (κ1) is 32.4. The van der Waals surface area contributed by atoms with Gasteiger partial charge in [0.2, 0.25) is 10.0 Å². The summed E-state index contributed by atoms with van der Waals surface area (Å²) in [6.45, 7) is 6.63. The molecule has 0 N–H and O–H groups in total. The average molecular weight is 606 g/mol. The van der Waals surface area contributed by atoms with Crippen LogP contribution < -0.4 is 0 Å². The second kappa shape index (κ2) is 14.3. The minimum Gasteiger partial charge on any atom is -0.465 e. The molecule has 8 heteroatoms. The molecular weight excluding hydrogens is 562 g/mol. The molecule has 1 aliphatic heterocycles. The number of hydrogen-bond acceptors (Lipinski definition) is 6. The molecular formula is C35H43NO6S.